The summed E-state index contributed by atoms with van der Waals surface area (Å²) in [7, 11) is 1.34. The molecule has 0 bridgehead atoms. The molecule has 0 N–H and O–H groups in total. The second-order valence-corrected chi connectivity index (χ2v) is 5.54. The number of hydrogen-bond donors (Lipinski definition) is 0. The first kappa shape index (κ1) is 15.9. The fraction of sp³-hybridized carbons (Fsp3) is 0.333. The second-order valence-electron chi connectivity index (χ2n) is 4.73. The Balaban J connectivity index is 2.43. The molecule has 0 radical (unpaired) electrons. The second kappa shape index (κ2) is 6.50. The van der Waals surface area contributed by atoms with Gasteiger partial charge in [-0.15, -0.1) is 0 Å². The molecule has 1 aromatic heterocycles. The molecule has 0 amide bonds. The molecule has 0 saturated carbocycles. The van der Waals surface area contributed by atoms with Crippen LogP contribution in [0.5, 0.6) is 5.75 Å². The number of methoxy groups -OCH3 is 1. The molecule has 1 aromatic carbocycles. The van der Waals surface area contributed by atoms with Crippen molar-refractivity contribution in [2.45, 2.75) is 26.4 Å². The van der Waals surface area contributed by atoms with E-state index in [1.807, 2.05) is 19.1 Å². The van der Waals surface area contributed by atoms with Crippen molar-refractivity contribution in [3.63, 3.8) is 0 Å². The summed E-state index contributed by atoms with van der Waals surface area (Å²) >= 11 is 12.4. The molecule has 0 fully saturated rings. The fourth-order valence-corrected chi connectivity index (χ4v) is 2.52. The molecule has 1 atom stereocenters. The standard InChI is InChI=1S/C15H15Cl2NO3/c1-8-4-5-10-11(16)7-12(17)15(14(10)18-8)21-9(2)6-13(19)20-3/h4-5,7,9H,6H2,1-3H3. The van der Waals surface area contributed by atoms with E-state index < -0.39 is 0 Å². The molecule has 6 heteroatoms. The van der Waals surface area contributed by atoms with E-state index in [4.69, 9.17) is 27.9 Å². The number of fused-ring (bicyclic) bond motifs is 1. The largest absolute Gasteiger partial charge is 0.486 e. The molecule has 0 aliphatic carbocycles. The number of esters is 1. The Morgan fingerprint density at radius 2 is 2.05 bits per heavy atom. The number of rotatable bonds is 4. The van der Waals surface area contributed by atoms with Crippen molar-refractivity contribution < 1.29 is 14.3 Å². The molecule has 2 rings (SSSR count). The number of benzene rings is 1. The van der Waals surface area contributed by atoms with E-state index in [-0.39, 0.29) is 18.5 Å². The molecule has 1 unspecified atom stereocenters. The van der Waals surface area contributed by atoms with Gasteiger partial charge in [-0.3, -0.25) is 4.79 Å². The van der Waals surface area contributed by atoms with Crippen LogP contribution in [0.1, 0.15) is 19.0 Å². The zero-order valence-electron chi connectivity index (χ0n) is 11.9. The van der Waals surface area contributed by atoms with E-state index in [2.05, 4.69) is 9.72 Å². The Kier molecular flexibility index (Phi) is 4.91. The molecule has 112 valence electrons. The van der Waals surface area contributed by atoms with Gasteiger partial charge in [0.05, 0.1) is 23.6 Å². The minimum absolute atomic E-state index is 0.128. The Labute approximate surface area is 133 Å². The van der Waals surface area contributed by atoms with E-state index in [0.29, 0.717) is 21.3 Å². The van der Waals surface area contributed by atoms with E-state index in [1.54, 1.807) is 13.0 Å². The van der Waals surface area contributed by atoms with E-state index in [9.17, 15) is 4.79 Å². The number of pyridine rings is 1. The summed E-state index contributed by atoms with van der Waals surface area (Å²) in [6, 6.07) is 5.35. The van der Waals surface area contributed by atoms with Crippen LogP contribution in [-0.4, -0.2) is 24.2 Å². The Morgan fingerprint density at radius 1 is 1.33 bits per heavy atom. The van der Waals surface area contributed by atoms with Crippen molar-refractivity contribution >= 4 is 40.1 Å². The zero-order valence-corrected chi connectivity index (χ0v) is 13.5. The molecule has 0 spiro atoms. The van der Waals surface area contributed by atoms with Crippen LogP contribution in [0.4, 0.5) is 0 Å². The highest BCUT2D eigenvalue weighted by Crippen LogP contribution is 2.38. The third-order valence-corrected chi connectivity index (χ3v) is 3.57. The molecule has 21 heavy (non-hydrogen) atoms. The Bertz CT molecular complexity index is 688. The molecular formula is C15H15Cl2NO3. The highest BCUT2D eigenvalue weighted by atomic mass is 35.5. The van der Waals surface area contributed by atoms with Crippen LogP contribution in [0.2, 0.25) is 10.0 Å². The molecule has 0 aliphatic rings. The minimum atomic E-state index is -0.387. The first-order valence-electron chi connectivity index (χ1n) is 6.41. The van der Waals surface area contributed by atoms with Gasteiger partial charge in [0.25, 0.3) is 0 Å². The van der Waals surface area contributed by atoms with Gasteiger partial charge >= 0.3 is 5.97 Å². The maximum Gasteiger partial charge on any atom is 0.309 e. The minimum Gasteiger partial charge on any atom is -0.486 e. The molecule has 4 nitrogen and oxygen atoms in total. The average Bonchev–Trinajstić information content (AvgIpc) is 2.42. The lowest BCUT2D eigenvalue weighted by Crippen LogP contribution is -2.18. The normalized spacial score (nSPS) is 12.2. The monoisotopic (exact) mass is 327 g/mol. The molecule has 0 saturated heterocycles. The third-order valence-electron chi connectivity index (χ3n) is 2.98. The van der Waals surface area contributed by atoms with Gasteiger partial charge in [0.1, 0.15) is 11.6 Å². The van der Waals surface area contributed by atoms with Crippen LogP contribution < -0.4 is 4.74 Å². The number of nitrogens with zero attached hydrogens (tertiary/aromatic N) is 1. The van der Waals surface area contributed by atoms with Gasteiger partial charge in [-0.2, -0.15) is 0 Å². The van der Waals surface area contributed by atoms with Gasteiger partial charge in [-0.25, -0.2) is 4.98 Å². The van der Waals surface area contributed by atoms with Crippen LogP contribution in [0, 0.1) is 6.92 Å². The SMILES string of the molecule is COC(=O)CC(C)Oc1c(Cl)cc(Cl)c2ccc(C)nc12. The van der Waals surface area contributed by atoms with E-state index in [0.717, 1.165) is 11.1 Å². The fourth-order valence-electron chi connectivity index (χ4n) is 1.96. The van der Waals surface area contributed by atoms with Gasteiger partial charge in [0.2, 0.25) is 0 Å². The first-order chi connectivity index (χ1) is 9.92. The van der Waals surface area contributed by atoms with E-state index >= 15 is 0 Å². The Hall–Kier alpha value is -1.52. The van der Waals surface area contributed by atoms with Crippen LogP contribution >= 0.6 is 23.2 Å². The first-order valence-corrected chi connectivity index (χ1v) is 7.16. The van der Waals surface area contributed by atoms with Crippen molar-refractivity contribution in [2.24, 2.45) is 0 Å². The molecule has 1 heterocycles. The highest BCUT2D eigenvalue weighted by molar-refractivity contribution is 6.39. The van der Waals surface area contributed by atoms with Crippen molar-refractivity contribution in [1.82, 2.24) is 4.98 Å². The predicted octanol–water partition coefficient (Wildman–Crippen LogP) is 4.18. The zero-order chi connectivity index (χ0) is 15.6. The maximum atomic E-state index is 11.3. The number of carbonyl (C=O) groups excluding carboxylic acids is 1. The maximum absolute atomic E-state index is 11.3. The molecule has 2 aromatic rings. The Morgan fingerprint density at radius 3 is 2.71 bits per heavy atom. The number of aryl methyl sites for hydroxylation is 1. The number of ether oxygens (including phenoxy) is 2. The third kappa shape index (κ3) is 3.57. The van der Waals surface area contributed by atoms with Gasteiger partial charge < -0.3 is 9.47 Å². The summed E-state index contributed by atoms with van der Waals surface area (Å²) in [6.45, 7) is 3.64. The predicted molar refractivity (Wildman–Crippen MR) is 83.2 cm³/mol. The number of aromatic nitrogens is 1. The van der Waals surface area contributed by atoms with Crippen molar-refractivity contribution in [3.05, 3.63) is 33.9 Å². The summed E-state index contributed by atoms with van der Waals surface area (Å²) in [4.78, 5) is 15.7. The lowest BCUT2D eigenvalue weighted by molar-refractivity contribution is -0.142. The van der Waals surface area contributed by atoms with Gasteiger partial charge in [0.15, 0.2) is 5.75 Å². The summed E-state index contributed by atoms with van der Waals surface area (Å²) in [5, 5.41) is 1.63. The number of halogens is 2. The number of hydrogen-bond acceptors (Lipinski definition) is 4. The molecular weight excluding hydrogens is 313 g/mol. The van der Waals surface area contributed by atoms with Crippen molar-refractivity contribution in [1.29, 1.82) is 0 Å². The smallest absolute Gasteiger partial charge is 0.309 e. The lowest BCUT2D eigenvalue weighted by atomic mass is 10.2. The summed E-state index contributed by atoms with van der Waals surface area (Å²) < 4.78 is 10.4. The van der Waals surface area contributed by atoms with Crippen molar-refractivity contribution in [3.8, 4) is 5.75 Å². The summed E-state index contributed by atoms with van der Waals surface area (Å²) in [5.74, 6) is 0.0807. The van der Waals surface area contributed by atoms with E-state index in [1.165, 1.54) is 7.11 Å². The summed E-state index contributed by atoms with van der Waals surface area (Å²) in [5.41, 5.74) is 1.41. The quantitative estimate of drug-likeness (QED) is 0.790. The van der Waals surface area contributed by atoms with Crippen LogP contribution in [0.3, 0.4) is 0 Å². The van der Waals surface area contributed by atoms with Crippen LogP contribution in [0.15, 0.2) is 18.2 Å². The summed E-state index contributed by atoms with van der Waals surface area (Å²) in [6.07, 6.45) is -0.260. The van der Waals surface area contributed by atoms with Crippen LogP contribution in [0.25, 0.3) is 10.9 Å². The van der Waals surface area contributed by atoms with Gasteiger partial charge in [0, 0.05) is 11.1 Å². The van der Waals surface area contributed by atoms with Gasteiger partial charge in [-0.05, 0) is 32.0 Å². The average molecular weight is 328 g/mol. The highest BCUT2D eigenvalue weighted by Gasteiger charge is 2.17. The number of carbonyl (C=O) groups is 1. The van der Waals surface area contributed by atoms with Crippen molar-refractivity contribution in [2.75, 3.05) is 7.11 Å². The molecule has 0 aliphatic heterocycles. The topological polar surface area (TPSA) is 48.4 Å². The van der Waals surface area contributed by atoms with Gasteiger partial charge in [-0.1, -0.05) is 23.2 Å². The van der Waals surface area contributed by atoms with Crippen LogP contribution in [-0.2, 0) is 9.53 Å². The lowest BCUT2D eigenvalue weighted by Gasteiger charge is -2.17.